The van der Waals surface area contributed by atoms with Gasteiger partial charge in [-0.05, 0) is 49.5 Å². The summed E-state index contributed by atoms with van der Waals surface area (Å²) in [5.74, 6) is -13.4. The van der Waals surface area contributed by atoms with Gasteiger partial charge >= 0.3 is 42.4 Å². The van der Waals surface area contributed by atoms with Crippen LogP contribution in [0.1, 0.15) is 112 Å². The highest BCUT2D eigenvalue weighted by Gasteiger charge is 2.41. The van der Waals surface area contributed by atoms with Crippen molar-refractivity contribution >= 4 is 71.2 Å². The standard InChI is InChI=1S/C69H111N15O20.3C2HF3O2/c70-69(71)73-19-10-17-55-63(88)75-48-60(85)78-58(46-61(86)87)65(90)79-56(43-50-11-4-1-5-12-50)64(89)77-53(47-74-55)45-54-49-84(83-82-54)22-24-95-26-28-97-30-32-99-34-36-101-38-40-103-42-41-102-39-37-100-35-33-98-31-29-96-27-25-94-23-21-72-68(93)62(52-15-8-3-9-16-52)81-66(91)57(44-51-13-6-2-7-14-51)80-67(92)59-18-20-76-104-59;3*3-2(4,5)1(6)7/h1,4-5,11-12,18,20,49,51-53,55-58,62,74H,2-3,6-10,13-17,19,21-48H2,(H,72,93)(H,75,88)(H,77,89)(H,78,85)(H,79,90)(H,80,92)(H,81,91)(H,86,87)(H4,70,71,73);3*(H,6,7)/t53-,55-,56+,57-,58-,62-;;;/m0.../s1. The Morgan fingerprint density at radius 1 is 0.560 bits per heavy atom. The Morgan fingerprint density at radius 3 is 1.50 bits per heavy atom. The molecule has 0 bridgehead atoms. The second-order valence-corrected chi connectivity index (χ2v) is 27.8. The second-order valence-electron chi connectivity index (χ2n) is 27.8. The highest BCUT2D eigenvalue weighted by atomic mass is 19.4. The summed E-state index contributed by atoms with van der Waals surface area (Å²) in [6, 6.07) is 4.48. The minimum atomic E-state index is -5.08. The monoisotopic (exact) mass is 1810 g/mol. The number of carbonyl (C=O) groups is 11. The number of aliphatic imine (C=N–C) groups is 1. The first-order chi connectivity index (χ1) is 59.5. The molecule has 3 fully saturated rings. The third kappa shape index (κ3) is 52.5. The molecule has 0 unspecified atom stereocenters. The van der Waals surface area contributed by atoms with E-state index in [9.17, 15) is 83.0 Å². The van der Waals surface area contributed by atoms with E-state index in [4.69, 9.17) is 93.1 Å². The number of nitrogens with zero attached hydrogens (tertiary/aromatic N) is 5. The molecule has 16 N–H and O–H groups in total. The van der Waals surface area contributed by atoms with Gasteiger partial charge in [0, 0.05) is 50.8 Å². The van der Waals surface area contributed by atoms with Gasteiger partial charge in [-0.2, -0.15) is 39.5 Å². The van der Waals surface area contributed by atoms with Gasteiger partial charge < -0.3 is 126 Å². The molecule has 1 aromatic carbocycles. The molecule has 3 aromatic rings. The molecule has 6 rings (SSSR count). The van der Waals surface area contributed by atoms with Crippen LogP contribution in [0, 0.1) is 11.8 Å². The Kier molecular flexibility index (Phi) is 55.0. The lowest BCUT2D eigenvalue weighted by Crippen LogP contribution is -2.57. The molecule has 2 saturated carbocycles. The van der Waals surface area contributed by atoms with Crippen molar-refractivity contribution in [3.63, 3.8) is 0 Å². The van der Waals surface area contributed by atoms with Crippen molar-refractivity contribution in [2.75, 3.05) is 158 Å². The van der Waals surface area contributed by atoms with Crippen molar-refractivity contribution in [1.29, 1.82) is 0 Å². The quantitative estimate of drug-likeness (QED) is 0.0163. The molecular formula is C75H114F9N15O26. The number of halogens is 9. The summed E-state index contributed by atoms with van der Waals surface area (Å²) in [6.07, 6.45) is -1.55. The van der Waals surface area contributed by atoms with Crippen LogP contribution in [0.3, 0.4) is 0 Å². The number of carboxylic acids is 4. The predicted octanol–water partition coefficient (Wildman–Crippen LogP) is 1.14. The normalized spacial score (nSPS) is 17.5. The highest BCUT2D eigenvalue weighted by molar-refractivity contribution is 5.97. The first kappa shape index (κ1) is 109. The average molecular weight is 1810 g/mol. The third-order valence-corrected chi connectivity index (χ3v) is 18.0. The molecule has 1 aliphatic heterocycles. The number of amides is 7. The van der Waals surface area contributed by atoms with Gasteiger partial charge in [0.15, 0.2) is 5.96 Å². The molecule has 6 atom stereocenters. The van der Waals surface area contributed by atoms with Crippen LogP contribution in [0.5, 0.6) is 0 Å². The fourth-order valence-electron chi connectivity index (χ4n) is 11.9. The number of carboxylic acid groups (broad SMARTS) is 4. The van der Waals surface area contributed by atoms with Crippen molar-refractivity contribution in [3.05, 3.63) is 65.8 Å². The van der Waals surface area contributed by atoms with Crippen LogP contribution in [0.15, 0.2) is 58.3 Å². The Hall–Kier alpha value is -10.1. The number of aromatic nitrogens is 4. The largest absolute Gasteiger partial charge is 0.490 e. The second kappa shape index (κ2) is 63.0. The Balaban J connectivity index is 0.00000170. The van der Waals surface area contributed by atoms with E-state index in [-0.39, 0.29) is 75.0 Å². The zero-order valence-corrected chi connectivity index (χ0v) is 68.8. The first-order valence-electron chi connectivity index (χ1n) is 40.1. The van der Waals surface area contributed by atoms with Crippen molar-refractivity contribution in [3.8, 4) is 0 Å². The maximum absolute atomic E-state index is 14.2. The predicted molar refractivity (Wildman–Crippen MR) is 416 cm³/mol. The van der Waals surface area contributed by atoms with Crippen LogP contribution in [0.2, 0.25) is 0 Å². The van der Waals surface area contributed by atoms with Gasteiger partial charge in [-0.1, -0.05) is 92.1 Å². The Labute approximate surface area is 712 Å². The van der Waals surface area contributed by atoms with E-state index in [0.29, 0.717) is 162 Å². The molecule has 50 heteroatoms. The number of nitrogens with two attached hydrogens (primary N) is 2. The molecule has 41 nitrogen and oxygen atoms in total. The van der Waals surface area contributed by atoms with E-state index < -0.39 is 121 Å². The van der Waals surface area contributed by atoms with Gasteiger partial charge in [0.25, 0.3) is 5.91 Å². The van der Waals surface area contributed by atoms with Gasteiger partial charge in [-0.3, -0.25) is 43.3 Å². The number of benzene rings is 1. The zero-order chi connectivity index (χ0) is 92.3. The van der Waals surface area contributed by atoms with Crippen LogP contribution in [-0.2, 0) is 115 Å². The maximum atomic E-state index is 14.2. The van der Waals surface area contributed by atoms with Gasteiger partial charge in [0.1, 0.15) is 24.2 Å². The molecule has 0 radical (unpaired) electrons. The number of hydrogen-bond donors (Lipinski definition) is 14. The summed E-state index contributed by atoms with van der Waals surface area (Å²) in [5, 5.41) is 65.7. The minimum Gasteiger partial charge on any atom is -0.481 e. The number of guanidine groups is 1. The summed E-state index contributed by atoms with van der Waals surface area (Å²) in [6.45, 7) is 7.91. The van der Waals surface area contributed by atoms with Crippen molar-refractivity contribution in [1.82, 2.24) is 62.7 Å². The van der Waals surface area contributed by atoms with E-state index in [2.05, 4.69) is 63.0 Å². The topological polar surface area (TPSA) is 578 Å². The highest BCUT2D eigenvalue weighted by Crippen LogP contribution is 2.30. The molecule has 3 aliphatic rings. The van der Waals surface area contributed by atoms with E-state index in [1.165, 1.54) is 18.7 Å². The summed E-state index contributed by atoms with van der Waals surface area (Å²) in [4.78, 5) is 137. The molecule has 7 amide bonds. The number of hydrogen-bond acceptors (Lipinski definition) is 27. The Morgan fingerprint density at radius 2 is 1.03 bits per heavy atom. The lowest BCUT2D eigenvalue weighted by Gasteiger charge is -2.32. The molecule has 3 heterocycles. The smallest absolute Gasteiger partial charge is 0.481 e. The molecule has 125 heavy (non-hydrogen) atoms. The lowest BCUT2D eigenvalue weighted by molar-refractivity contribution is -0.193. The summed E-state index contributed by atoms with van der Waals surface area (Å²) in [7, 11) is 0. The number of rotatable bonds is 51. The average Bonchev–Trinajstić information content (AvgIpc) is 1.64. The van der Waals surface area contributed by atoms with Gasteiger partial charge in [0.05, 0.1) is 170 Å². The van der Waals surface area contributed by atoms with Crippen LogP contribution >= 0.6 is 0 Å². The number of carbonyl (C=O) groups excluding carboxylic acids is 7. The molecule has 708 valence electrons. The van der Waals surface area contributed by atoms with E-state index >= 15 is 0 Å². The van der Waals surface area contributed by atoms with Gasteiger partial charge in [-0.25, -0.2) is 19.1 Å². The summed E-state index contributed by atoms with van der Waals surface area (Å²) < 4.78 is 158. The number of ether oxygens (including phenoxy) is 10. The van der Waals surface area contributed by atoms with Crippen LogP contribution in [-0.4, -0.2) is 325 Å². The summed E-state index contributed by atoms with van der Waals surface area (Å²) in [5.41, 5.74) is 12.2. The number of nitrogens with one attached hydrogen (secondary N) is 8. The molecular weight excluding hydrogens is 1700 g/mol. The van der Waals surface area contributed by atoms with Crippen LogP contribution in [0.25, 0.3) is 0 Å². The minimum absolute atomic E-state index is 0.00469. The van der Waals surface area contributed by atoms with Crippen LogP contribution in [0.4, 0.5) is 39.5 Å². The first-order valence-corrected chi connectivity index (χ1v) is 40.1. The number of aliphatic carboxylic acids is 4. The van der Waals surface area contributed by atoms with Crippen LogP contribution < -0.4 is 54.0 Å². The van der Waals surface area contributed by atoms with Gasteiger partial charge in [-0.15, -0.1) is 5.10 Å². The molecule has 0 spiro atoms. The third-order valence-electron chi connectivity index (χ3n) is 18.0. The molecule has 1 saturated heterocycles. The molecule has 2 aromatic heterocycles. The van der Waals surface area contributed by atoms with Gasteiger partial charge in [0.2, 0.25) is 41.2 Å². The fourth-order valence-corrected chi connectivity index (χ4v) is 11.9. The molecule has 2 aliphatic carbocycles. The van der Waals surface area contributed by atoms with E-state index in [1.54, 1.807) is 41.2 Å². The summed E-state index contributed by atoms with van der Waals surface area (Å²) >= 11 is 0. The SMILES string of the molecule is NC(N)=NCCC[C@@H]1NC[C@H](Cc2cn(CCOCCOCCOCCOCCOCCOCCOCCOCCOCCOCCNC(=O)[C@@H](NC(=O)[C@H](CC3CCCCC3)NC(=O)c3ccno3)C3CCCCC3)nn2)NC(=O)[C@@H](Cc2ccccc2)NC(=O)[C@H](CC(=O)O)NC(=O)CNC1=O.O=C(O)C(F)(F)F.O=C(O)C(F)(F)F.O=C(O)C(F)(F)F. The van der Waals surface area contributed by atoms with Crippen molar-refractivity contribution < 1.29 is 165 Å². The Bertz CT molecular complexity index is 3560. The van der Waals surface area contributed by atoms with Crippen molar-refractivity contribution in [2.24, 2.45) is 28.3 Å². The zero-order valence-electron chi connectivity index (χ0n) is 68.8. The van der Waals surface area contributed by atoms with E-state index in [1.807, 2.05) is 0 Å². The fraction of sp³-hybridized carbons (Fsp3) is 0.693. The van der Waals surface area contributed by atoms with E-state index in [0.717, 1.165) is 57.8 Å². The lowest BCUT2D eigenvalue weighted by atomic mass is 9.82. The maximum Gasteiger partial charge on any atom is 0.490 e. The number of alkyl halides is 9. The van der Waals surface area contributed by atoms with Crippen molar-refractivity contribution in [2.45, 2.75) is 164 Å².